The number of piperidine rings is 1. The van der Waals surface area contributed by atoms with E-state index < -0.39 is 15.8 Å². The first-order valence-corrected chi connectivity index (χ1v) is 11.0. The van der Waals surface area contributed by atoms with Gasteiger partial charge < -0.3 is 5.32 Å². The van der Waals surface area contributed by atoms with Crippen molar-refractivity contribution in [3.63, 3.8) is 0 Å². The van der Waals surface area contributed by atoms with Crippen LogP contribution in [0.1, 0.15) is 25.3 Å². The molecule has 3 rings (SSSR count). The first-order valence-electron chi connectivity index (χ1n) is 9.16. The fourth-order valence-corrected chi connectivity index (χ4v) is 4.95. The van der Waals surface area contributed by atoms with Gasteiger partial charge in [-0.15, -0.1) is 0 Å². The van der Waals surface area contributed by atoms with Gasteiger partial charge >= 0.3 is 0 Å². The number of rotatable bonds is 5. The van der Waals surface area contributed by atoms with Gasteiger partial charge in [-0.3, -0.25) is 4.79 Å². The SMILES string of the molecule is CCc1ccc(NC(=O)C2CCN(S(=O)(=O)c3ccc(F)c(Cl)c3)CC2)cc1. The van der Waals surface area contributed by atoms with Crippen molar-refractivity contribution in [2.75, 3.05) is 18.4 Å². The Kier molecular flexibility index (Phi) is 6.37. The molecule has 0 saturated carbocycles. The summed E-state index contributed by atoms with van der Waals surface area (Å²) >= 11 is 5.71. The third-order valence-corrected chi connectivity index (χ3v) is 7.17. The molecule has 0 atom stereocenters. The Morgan fingerprint density at radius 2 is 1.82 bits per heavy atom. The van der Waals surface area contributed by atoms with Crippen LogP contribution in [-0.2, 0) is 21.2 Å². The van der Waals surface area contributed by atoms with Gasteiger partial charge in [0.1, 0.15) is 5.82 Å². The molecule has 1 heterocycles. The Labute approximate surface area is 169 Å². The number of aryl methyl sites for hydroxylation is 1. The van der Waals surface area contributed by atoms with E-state index in [1.807, 2.05) is 24.3 Å². The molecular formula is C20H22ClFN2O3S. The molecule has 1 aliphatic heterocycles. The van der Waals surface area contributed by atoms with Gasteiger partial charge in [0.2, 0.25) is 15.9 Å². The highest BCUT2D eigenvalue weighted by molar-refractivity contribution is 7.89. The van der Waals surface area contributed by atoms with Crippen LogP contribution >= 0.6 is 11.6 Å². The van der Waals surface area contributed by atoms with Crippen LogP contribution in [0.3, 0.4) is 0 Å². The highest BCUT2D eigenvalue weighted by atomic mass is 35.5. The summed E-state index contributed by atoms with van der Waals surface area (Å²) in [6.07, 6.45) is 1.78. The molecule has 28 heavy (non-hydrogen) atoms. The van der Waals surface area contributed by atoms with E-state index >= 15 is 0 Å². The number of hydrogen-bond acceptors (Lipinski definition) is 3. The lowest BCUT2D eigenvalue weighted by molar-refractivity contribution is -0.120. The van der Waals surface area contributed by atoms with Gasteiger partial charge in [-0.05, 0) is 55.2 Å². The van der Waals surface area contributed by atoms with E-state index in [-0.39, 0.29) is 34.8 Å². The Morgan fingerprint density at radius 1 is 1.18 bits per heavy atom. The van der Waals surface area contributed by atoms with Gasteiger partial charge in [0.05, 0.1) is 9.92 Å². The Morgan fingerprint density at radius 3 is 2.39 bits per heavy atom. The standard InChI is InChI=1S/C20H22ClFN2O3S/c1-2-14-3-5-16(6-4-14)23-20(25)15-9-11-24(12-10-15)28(26,27)17-7-8-19(22)18(21)13-17/h3-8,13,15H,2,9-12H2,1H3,(H,23,25). The Bertz CT molecular complexity index is 956. The van der Waals surface area contributed by atoms with E-state index in [0.29, 0.717) is 12.8 Å². The lowest BCUT2D eigenvalue weighted by atomic mass is 9.97. The van der Waals surface area contributed by atoms with E-state index in [4.69, 9.17) is 11.6 Å². The van der Waals surface area contributed by atoms with E-state index in [0.717, 1.165) is 24.2 Å². The van der Waals surface area contributed by atoms with E-state index in [1.54, 1.807) is 0 Å². The van der Waals surface area contributed by atoms with Crippen LogP contribution < -0.4 is 5.32 Å². The normalized spacial score (nSPS) is 16.1. The van der Waals surface area contributed by atoms with Crippen LogP contribution in [0.5, 0.6) is 0 Å². The zero-order valence-electron chi connectivity index (χ0n) is 15.5. The average molecular weight is 425 g/mol. The largest absolute Gasteiger partial charge is 0.326 e. The predicted octanol–water partition coefficient (Wildman–Crippen LogP) is 4.08. The predicted molar refractivity (Wildman–Crippen MR) is 107 cm³/mol. The maximum absolute atomic E-state index is 13.3. The van der Waals surface area contributed by atoms with Crippen molar-refractivity contribution in [2.45, 2.75) is 31.1 Å². The number of hydrogen-bond donors (Lipinski definition) is 1. The zero-order valence-corrected chi connectivity index (χ0v) is 17.1. The molecule has 1 saturated heterocycles. The molecule has 0 radical (unpaired) electrons. The first kappa shape index (κ1) is 20.8. The molecule has 0 unspecified atom stereocenters. The van der Waals surface area contributed by atoms with Crippen molar-refractivity contribution in [1.29, 1.82) is 0 Å². The number of nitrogens with one attached hydrogen (secondary N) is 1. The molecule has 0 spiro atoms. The molecule has 0 bridgehead atoms. The summed E-state index contributed by atoms with van der Waals surface area (Å²) in [6.45, 7) is 2.52. The molecule has 1 amide bonds. The van der Waals surface area contributed by atoms with Gasteiger partial charge in [0.25, 0.3) is 0 Å². The number of carbonyl (C=O) groups is 1. The van der Waals surface area contributed by atoms with Crippen molar-refractivity contribution < 1.29 is 17.6 Å². The minimum atomic E-state index is -3.77. The molecule has 1 aliphatic rings. The van der Waals surface area contributed by atoms with Gasteiger partial charge in [0.15, 0.2) is 0 Å². The number of amides is 1. The van der Waals surface area contributed by atoms with Crippen molar-refractivity contribution >= 4 is 33.2 Å². The molecule has 2 aromatic carbocycles. The Balaban J connectivity index is 1.61. The Hall–Kier alpha value is -1.96. The second-order valence-electron chi connectivity index (χ2n) is 6.79. The van der Waals surface area contributed by atoms with Crippen molar-refractivity contribution in [3.05, 3.63) is 58.9 Å². The van der Waals surface area contributed by atoms with Crippen molar-refractivity contribution in [3.8, 4) is 0 Å². The number of nitrogens with zero attached hydrogens (tertiary/aromatic N) is 1. The second kappa shape index (κ2) is 8.59. The first-order chi connectivity index (χ1) is 13.3. The fraction of sp³-hybridized carbons (Fsp3) is 0.350. The summed E-state index contributed by atoms with van der Waals surface area (Å²) in [4.78, 5) is 12.4. The lowest BCUT2D eigenvalue weighted by Crippen LogP contribution is -2.41. The minimum Gasteiger partial charge on any atom is -0.326 e. The molecular weight excluding hydrogens is 403 g/mol. The lowest BCUT2D eigenvalue weighted by Gasteiger charge is -2.30. The summed E-state index contributed by atoms with van der Waals surface area (Å²) in [7, 11) is -3.77. The summed E-state index contributed by atoms with van der Waals surface area (Å²) < 4.78 is 40.1. The highest BCUT2D eigenvalue weighted by Crippen LogP contribution is 2.27. The van der Waals surface area contributed by atoms with Crippen molar-refractivity contribution in [2.24, 2.45) is 5.92 Å². The molecule has 1 fully saturated rings. The maximum atomic E-state index is 13.3. The third-order valence-electron chi connectivity index (χ3n) is 4.98. The molecule has 0 aliphatic carbocycles. The van der Waals surface area contributed by atoms with Crippen LogP contribution in [0.25, 0.3) is 0 Å². The number of carbonyl (C=O) groups excluding carboxylic acids is 1. The van der Waals surface area contributed by atoms with Gasteiger partial charge in [-0.2, -0.15) is 4.31 Å². The highest BCUT2D eigenvalue weighted by Gasteiger charge is 2.32. The molecule has 2 aromatic rings. The molecule has 0 aromatic heterocycles. The topological polar surface area (TPSA) is 66.5 Å². The molecule has 5 nitrogen and oxygen atoms in total. The van der Waals surface area contributed by atoms with E-state index in [2.05, 4.69) is 12.2 Å². The third kappa shape index (κ3) is 4.54. The number of halogens is 2. The van der Waals surface area contributed by atoms with Crippen LogP contribution in [-0.4, -0.2) is 31.7 Å². The summed E-state index contributed by atoms with van der Waals surface area (Å²) in [5, 5.41) is 2.66. The van der Waals surface area contributed by atoms with E-state index in [9.17, 15) is 17.6 Å². The summed E-state index contributed by atoms with van der Waals surface area (Å²) in [6, 6.07) is 11.0. The summed E-state index contributed by atoms with van der Waals surface area (Å²) in [5.41, 5.74) is 1.93. The van der Waals surface area contributed by atoms with E-state index in [1.165, 1.54) is 15.9 Å². The number of benzene rings is 2. The van der Waals surface area contributed by atoms with Gasteiger partial charge in [-0.25, -0.2) is 12.8 Å². The maximum Gasteiger partial charge on any atom is 0.243 e. The quantitative estimate of drug-likeness (QED) is 0.786. The fourth-order valence-electron chi connectivity index (χ4n) is 3.21. The smallest absolute Gasteiger partial charge is 0.243 e. The van der Waals surface area contributed by atoms with Crippen LogP contribution in [0.4, 0.5) is 10.1 Å². The van der Waals surface area contributed by atoms with Gasteiger partial charge in [0, 0.05) is 24.7 Å². The molecule has 150 valence electrons. The monoisotopic (exact) mass is 424 g/mol. The second-order valence-corrected chi connectivity index (χ2v) is 9.14. The average Bonchev–Trinajstić information content (AvgIpc) is 2.70. The molecule has 1 N–H and O–H groups in total. The number of sulfonamides is 1. The van der Waals surface area contributed by atoms with Crippen molar-refractivity contribution in [1.82, 2.24) is 4.31 Å². The van der Waals surface area contributed by atoms with Crippen LogP contribution in [0.15, 0.2) is 47.4 Å². The van der Waals surface area contributed by atoms with Crippen LogP contribution in [0.2, 0.25) is 5.02 Å². The van der Waals surface area contributed by atoms with Gasteiger partial charge in [-0.1, -0.05) is 30.7 Å². The zero-order chi connectivity index (χ0) is 20.3. The minimum absolute atomic E-state index is 0.0437. The number of anilines is 1. The summed E-state index contributed by atoms with van der Waals surface area (Å²) in [5.74, 6) is -1.02. The molecule has 8 heteroatoms. The van der Waals surface area contributed by atoms with Crippen LogP contribution in [0, 0.1) is 11.7 Å².